The molecule has 0 aromatic carbocycles. The lowest BCUT2D eigenvalue weighted by molar-refractivity contribution is -0.158. The fourth-order valence-electron chi connectivity index (χ4n) is 2.05. The number of ether oxygens (including phenoxy) is 1. The Labute approximate surface area is 97.7 Å². The number of carbonyl (C=O) groups is 3. The average molecular weight is 242 g/mol. The summed E-state index contributed by atoms with van der Waals surface area (Å²) in [5.74, 6) is -1.85. The number of amides is 2. The summed E-state index contributed by atoms with van der Waals surface area (Å²) in [6, 6.07) is -0.996. The van der Waals surface area contributed by atoms with Crippen LogP contribution in [0.25, 0.3) is 0 Å². The van der Waals surface area contributed by atoms with Crippen LogP contribution in [0.3, 0.4) is 0 Å². The first-order valence-electron chi connectivity index (χ1n) is 5.51. The van der Waals surface area contributed by atoms with Gasteiger partial charge in [-0.3, -0.25) is 9.59 Å². The number of carboxylic acids is 1. The highest BCUT2D eigenvalue weighted by Crippen LogP contribution is 2.17. The van der Waals surface area contributed by atoms with Crippen LogP contribution in [0, 0.1) is 0 Å². The molecule has 0 aromatic rings. The molecule has 2 fully saturated rings. The second kappa shape index (κ2) is 4.70. The highest BCUT2D eigenvalue weighted by atomic mass is 16.5. The van der Waals surface area contributed by atoms with Gasteiger partial charge in [-0.1, -0.05) is 0 Å². The lowest BCUT2D eigenvalue weighted by atomic mass is 10.1. The number of aliphatic carboxylic acids is 1. The zero-order valence-corrected chi connectivity index (χ0v) is 9.22. The van der Waals surface area contributed by atoms with Crippen molar-refractivity contribution in [2.45, 2.75) is 25.0 Å². The van der Waals surface area contributed by atoms with Gasteiger partial charge in [0.1, 0.15) is 18.7 Å². The molecule has 2 amide bonds. The number of carbonyl (C=O) groups excluding carboxylic acids is 2. The van der Waals surface area contributed by atoms with Crippen molar-refractivity contribution < 1.29 is 24.2 Å². The number of carboxylic acid groups (broad SMARTS) is 1. The lowest BCUT2D eigenvalue weighted by Crippen LogP contribution is -2.61. The number of hydrogen-bond donors (Lipinski definition) is 2. The van der Waals surface area contributed by atoms with Crippen molar-refractivity contribution in [3.05, 3.63) is 0 Å². The zero-order chi connectivity index (χ0) is 12.4. The molecule has 7 nitrogen and oxygen atoms in total. The fourth-order valence-corrected chi connectivity index (χ4v) is 2.05. The van der Waals surface area contributed by atoms with E-state index >= 15 is 0 Å². The average Bonchev–Trinajstić information content (AvgIpc) is 2.80. The summed E-state index contributed by atoms with van der Waals surface area (Å²) in [5, 5.41) is 11.4. The second-order valence-electron chi connectivity index (χ2n) is 4.13. The van der Waals surface area contributed by atoms with Crippen LogP contribution >= 0.6 is 0 Å². The molecule has 2 atom stereocenters. The molecule has 0 saturated carbocycles. The van der Waals surface area contributed by atoms with Gasteiger partial charge in [-0.2, -0.15) is 0 Å². The molecule has 2 aliphatic rings. The van der Waals surface area contributed by atoms with E-state index in [0.717, 1.165) is 11.3 Å². The van der Waals surface area contributed by atoms with E-state index < -0.39 is 24.0 Å². The third-order valence-corrected chi connectivity index (χ3v) is 2.96. The minimum Gasteiger partial charge on any atom is -0.480 e. The van der Waals surface area contributed by atoms with Crippen molar-refractivity contribution in [1.82, 2.24) is 10.2 Å². The third-order valence-electron chi connectivity index (χ3n) is 2.96. The molecule has 0 aromatic heterocycles. The van der Waals surface area contributed by atoms with Gasteiger partial charge in [0.2, 0.25) is 5.91 Å². The van der Waals surface area contributed by atoms with Crippen molar-refractivity contribution in [3.8, 4) is 0 Å². The summed E-state index contributed by atoms with van der Waals surface area (Å²) in [6.45, 7) is 0.246. The normalized spacial score (nSPS) is 28.9. The SMILES string of the molecule is O=C1CN(C(=O)[C@H]2CCCO2)C(C(=O)O)CN1. The maximum absolute atomic E-state index is 12.0. The van der Waals surface area contributed by atoms with E-state index in [-0.39, 0.29) is 19.0 Å². The Balaban J connectivity index is 2.10. The van der Waals surface area contributed by atoms with Gasteiger partial charge in [0, 0.05) is 13.2 Å². The van der Waals surface area contributed by atoms with E-state index in [1.165, 1.54) is 0 Å². The van der Waals surface area contributed by atoms with Gasteiger partial charge in [0.05, 0.1) is 0 Å². The monoisotopic (exact) mass is 242 g/mol. The third kappa shape index (κ3) is 2.38. The number of rotatable bonds is 2. The molecule has 0 spiro atoms. The van der Waals surface area contributed by atoms with Gasteiger partial charge in [-0.15, -0.1) is 0 Å². The Morgan fingerprint density at radius 2 is 2.24 bits per heavy atom. The molecular formula is C10H14N2O5. The second-order valence-corrected chi connectivity index (χ2v) is 4.13. The van der Waals surface area contributed by atoms with Crippen molar-refractivity contribution in [1.29, 1.82) is 0 Å². The van der Waals surface area contributed by atoms with Gasteiger partial charge < -0.3 is 20.1 Å². The zero-order valence-electron chi connectivity index (χ0n) is 9.22. The number of nitrogens with one attached hydrogen (secondary N) is 1. The highest BCUT2D eigenvalue weighted by Gasteiger charge is 2.39. The van der Waals surface area contributed by atoms with E-state index in [1.807, 2.05) is 0 Å². The first-order chi connectivity index (χ1) is 8.09. The van der Waals surface area contributed by atoms with E-state index in [4.69, 9.17) is 9.84 Å². The number of piperazine rings is 1. The van der Waals surface area contributed by atoms with Crippen LogP contribution in [0.2, 0.25) is 0 Å². The van der Waals surface area contributed by atoms with Crippen LogP contribution < -0.4 is 5.32 Å². The van der Waals surface area contributed by atoms with Crippen molar-refractivity contribution in [3.63, 3.8) is 0 Å². The largest absolute Gasteiger partial charge is 0.480 e. The molecule has 0 bridgehead atoms. The van der Waals surface area contributed by atoms with E-state index in [9.17, 15) is 14.4 Å². The predicted octanol–water partition coefficient (Wildman–Crippen LogP) is -1.42. The number of hydrogen-bond acceptors (Lipinski definition) is 4. The smallest absolute Gasteiger partial charge is 0.328 e. The summed E-state index contributed by atoms with van der Waals surface area (Å²) < 4.78 is 5.22. The Hall–Kier alpha value is -1.63. The van der Waals surface area contributed by atoms with Crippen LogP contribution in [-0.4, -0.2) is 59.6 Å². The summed E-state index contributed by atoms with van der Waals surface area (Å²) in [4.78, 5) is 35.3. The van der Waals surface area contributed by atoms with Crippen molar-refractivity contribution in [2.24, 2.45) is 0 Å². The molecule has 2 aliphatic heterocycles. The first-order valence-corrected chi connectivity index (χ1v) is 5.51. The highest BCUT2D eigenvalue weighted by molar-refractivity contribution is 5.92. The maximum Gasteiger partial charge on any atom is 0.328 e. The summed E-state index contributed by atoms with van der Waals surface area (Å²) >= 11 is 0. The van der Waals surface area contributed by atoms with Gasteiger partial charge >= 0.3 is 5.97 Å². The molecule has 0 aliphatic carbocycles. The molecule has 17 heavy (non-hydrogen) atoms. The molecule has 7 heteroatoms. The first kappa shape index (κ1) is 11.8. The molecule has 0 radical (unpaired) electrons. The van der Waals surface area contributed by atoms with Gasteiger partial charge in [0.15, 0.2) is 0 Å². The molecule has 2 N–H and O–H groups in total. The Bertz CT molecular complexity index is 351. The van der Waals surface area contributed by atoms with Crippen LogP contribution in [0.15, 0.2) is 0 Å². The van der Waals surface area contributed by atoms with Gasteiger partial charge in [-0.25, -0.2) is 4.79 Å². The standard InChI is InChI=1S/C10H14N2O5/c13-8-5-12(6(4-11-8)10(15)16)9(14)7-2-1-3-17-7/h6-7H,1-5H2,(H,11,13)(H,15,16)/t6?,7-/m1/s1. The maximum atomic E-state index is 12.0. The van der Waals surface area contributed by atoms with Gasteiger partial charge in [-0.05, 0) is 12.8 Å². The summed E-state index contributed by atoms with van der Waals surface area (Å²) in [7, 11) is 0. The topological polar surface area (TPSA) is 95.9 Å². The molecule has 2 heterocycles. The molecule has 94 valence electrons. The Kier molecular flexibility index (Phi) is 3.28. The van der Waals surface area contributed by atoms with Crippen LogP contribution in [0.1, 0.15) is 12.8 Å². The summed E-state index contributed by atoms with van der Waals surface area (Å²) in [5.41, 5.74) is 0. The molecule has 1 unspecified atom stereocenters. The predicted molar refractivity (Wildman–Crippen MR) is 55.1 cm³/mol. The van der Waals surface area contributed by atoms with Crippen LogP contribution in [-0.2, 0) is 19.1 Å². The minimum absolute atomic E-state index is 0.0490. The minimum atomic E-state index is -1.11. The Morgan fingerprint density at radius 1 is 1.47 bits per heavy atom. The van der Waals surface area contributed by atoms with E-state index in [2.05, 4.69) is 5.32 Å². The molecule has 2 rings (SSSR count). The number of nitrogens with zero attached hydrogens (tertiary/aromatic N) is 1. The van der Waals surface area contributed by atoms with E-state index in [0.29, 0.717) is 13.0 Å². The summed E-state index contributed by atoms with van der Waals surface area (Å²) in [6.07, 6.45) is 0.778. The van der Waals surface area contributed by atoms with Crippen molar-refractivity contribution in [2.75, 3.05) is 19.7 Å². The van der Waals surface area contributed by atoms with E-state index in [1.54, 1.807) is 0 Å². The lowest BCUT2D eigenvalue weighted by Gasteiger charge is -2.34. The fraction of sp³-hybridized carbons (Fsp3) is 0.700. The molecule has 2 saturated heterocycles. The Morgan fingerprint density at radius 3 is 2.82 bits per heavy atom. The van der Waals surface area contributed by atoms with Crippen LogP contribution in [0.5, 0.6) is 0 Å². The van der Waals surface area contributed by atoms with Crippen molar-refractivity contribution >= 4 is 17.8 Å². The van der Waals surface area contributed by atoms with Gasteiger partial charge in [0.25, 0.3) is 5.91 Å². The van der Waals surface area contributed by atoms with Crippen LogP contribution in [0.4, 0.5) is 0 Å². The molecular weight excluding hydrogens is 228 g/mol. The quantitative estimate of drug-likeness (QED) is 0.619.